The van der Waals surface area contributed by atoms with Crippen molar-refractivity contribution in [2.24, 2.45) is 11.8 Å². The molecule has 2 saturated carbocycles. The van der Waals surface area contributed by atoms with E-state index in [-0.39, 0.29) is 23.5 Å². The molecule has 1 aromatic carbocycles. The summed E-state index contributed by atoms with van der Waals surface area (Å²) in [6, 6.07) is 2.07. The molecule has 1 aromatic rings. The number of benzene rings is 1. The predicted molar refractivity (Wildman–Crippen MR) is 73.9 cm³/mol. The van der Waals surface area contributed by atoms with Crippen molar-refractivity contribution in [1.82, 2.24) is 0 Å². The fourth-order valence-corrected chi connectivity index (χ4v) is 4.34. The van der Waals surface area contributed by atoms with Crippen LogP contribution in [0.3, 0.4) is 0 Å². The van der Waals surface area contributed by atoms with Crippen LogP contribution in [-0.2, 0) is 12.4 Å². The zero-order valence-electron chi connectivity index (χ0n) is 12.5. The van der Waals surface area contributed by atoms with Gasteiger partial charge in [0.2, 0.25) is 0 Å². The number of rotatable bonds is 1. The zero-order valence-corrected chi connectivity index (χ0v) is 12.5. The molecule has 128 valence electrons. The van der Waals surface area contributed by atoms with Gasteiger partial charge in [0.1, 0.15) is 0 Å². The van der Waals surface area contributed by atoms with E-state index in [1.807, 2.05) is 0 Å². The molecule has 0 heterocycles. The molecule has 0 amide bonds. The molecule has 0 bridgehead atoms. The normalized spacial score (nSPS) is 28.7. The van der Waals surface area contributed by atoms with Crippen molar-refractivity contribution in [2.75, 3.05) is 0 Å². The van der Waals surface area contributed by atoms with Crippen molar-refractivity contribution in [3.63, 3.8) is 0 Å². The first-order valence-corrected chi connectivity index (χ1v) is 7.95. The lowest BCUT2D eigenvalue weighted by atomic mass is 9.75. The molecule has 0 saturated heterocycles. The number of hydrogen-bond donors (Lipinski definition) is 0. The summed E-state index contributed by atoms with van der Waals surface area (Å²) in [6.07, 6.45) is -3.84. The molecule has 2 fully saturated rings. The van der Waals surface area contributed by atoms with Crippen LogP contribution >= 0.6 is 0 Å². The van der Waals surface area contributed by atoms with Gasteiger partial charge >= 0.3 is 12.4 Å². The first-order chi connectivity index (χ1) is 10.7. The molecule has 2 aliphatic rings. The molecule has 3 atom stereocenters. The first-order valence-electron chi connectivity index (χ1n) is 7.95. The Morgan fingerprint density at radius 1 is 0.696 bits per heavy atom. The number of halogens is 6. The van der Waals surface area contributed by atoms with Crippen molar-refractivity contribution >= 4 is 0 Å². The number of fused-ring (bicyclic) bond motifs is 1. The lowest BCUT2D eigenvalue weighted by Crippen LogP contribution is -2.19. The second kappa shape index (κ2) is 5.71. The van der Waals surface area contributed by atoms with E-state index in [2.05, 4.69) is 0 Å². The summed E-state index contributed by atoms with van der Waals surface area (Å²) in [5.41, 5.74) is -2.18. The fourth-order valence-electron chi connectivity index (χ4n) is 4.34. The molecular weight excluding hydrogens is 318 g/mol. The van der Waals surface area contributed by atoms with Crippen molar-refractivity contribution in [1.29, 1.82) is 0 Å². The van der Waals surface area contributed by atoms with Gasteiger partial charge in [-0.3, -0.25) is 0 Å². The summed E-state index contributed by atoms with van der Waals surface area (Å²) in [5, 5.41) is 0. The van der Waals surface area contributed by atoms with Crippen LogP contribution in [0.5, 0.6) is 0 Å². The Morgan fingerprint density at radius 2 is 1.26 bits per heavy atom. The van der Waals surface area contributed by atoms with Gasteiger partial charge in [0, 0.05) is 0 Å². The quantitative estimate of drug-likeness (QED) is 0.520. The van der Waals surface area contributed by atoms with E-state index in [1.165, 1.54) is 0 Å². The lowest BCUT2D eigenvalue weighted by molar-refractivity contribution is -0.143. The van der Waals surface area contributed by atoms with E-state index >= 15 is 0 Å². The van der Waals surface area contributed by atoms with Gasteiger partial charge in [-0.25, -0.2) is 0 Å². The van der Waals surface area contributed by atoms with Crippen molar-refractivity contribution in [3.8, 4) is 0 Å². The molecule has 2 unspecified atom stereocenters. The highest BCUT2D eigenvalue weighted by Crippen LogP contribution is 2.51. The monoisotopic (exact) mass is 336 g/mol. The molecule has 0 nitrogen and oxygen atoms in total. The molecule has 0 radical (unpaired) electrons. The Morgan fingerprint density at radius 3 is 1.83 bits per heavy atom. The molecule has 2 aliphatic carbocycles. The van der Waals surface area contributed by atoms with Crippen LogP contribution in [0.2, 0.25) is 0 Å². The molecule has 0 aliphatic heterocycles. The third kappa shape index (κ3) is 3.36. The number of hydrogen-bond acceptors (Lipinski definition) is 0. The summed E-state index contributed by atoms with van der Waals surface area (Å²) in [6.45, 7) is 0. The Bertz CT molecular complexity index is 539. The van der Waals surface area contributed by atoms with Gasteiger partial charge in [0.25, 0.3) is 0 Å². The highest BCUT2D eigenvalue weighted by Gasteiger charge is 2.41. The Kier molecular flexibility index (Phi) is 4.13. The minimum atomic E-state index is -4.76. The van der Waals surface area contributed by atoms with E-state index < -0.39 is 23.5 Å². The molecule has 0 spiro atoms. The van der Waals surface area contributed by atoms with Crippen LogP contribution < -0.4 is 0 Å². The maximum absolute atomic E-state index is 13.0. The van der Waals surface area contributed by atoms with Gasteiger partial charge in [0.05, 0.1) is 11.1 Å². The van der Waals surface area contributed by atoms with E-state index in [4.69, 9.17) is 0 Å². The Hall–Kier alpha value is -1.20. The average molecular weight is 336 g/mol. The Balaban J connectivity index is 2.01. The van der Waals surface area contributed by atoms with Crippen molar-refractivity contribution in [3.05, 3.63) is 34.9 Å². The highest BCUT2D eigenvalue weighted by atomic mass is 19.4. The van der Waals surface area contributed by atoms with Crippen molar-refractivity contribution in [2.45, 2.75) is 56.8 Å². The minimum Gasteiger partial charge on any atom is -0.166 e. The van der Waals surface area contributed by atoms with Crippen LogP contribution in [0.4, 0.5) is 26.3 Å². The highest BCUT2D eigenvalue weighted by molar-refractivity contribution is 5.36. The van der Waals surface area contributed by atoms with Crippen LogP contribution in [0.1, 0.15) is 61.1 Å². The maximum atomic E-state index is 13.0. The third-order valence-electron chi connectivity index (χ3n) is 5.37. The van der Waals surface area contributed by atoms with Gasteiger partial charge < -0.3 is 0 Å². The van der Waals surface area contributed by atoms with Gasteiger partial charge in [-0.15, -0.1) is 0 Å². The Labute approximate surface area is 130 Å². The largest absolute Gasteiger partial charge is 0.416 e. The molecule has 0 aromatic heterocycles. The topological polar surface area (TPSA) is 0 Å². The first kappa shape index (κ1) is 16.7. The average Bonchev–Trinajstić information content (AvgIpc) is 2.89. The van der Waals surface area contributed by atoms with Gasteiger partial charge in [-0.1, -0.05) is 19.3 Å². The lowest BCUT2D eigenvalue weighted by Gasteiger charge is -2.30. The fraction of sp³-hybridized carbons (Fsp3) is 0.647. The summed E-state index contributed by atoms with van der Waals surface area (Å²) in [4.78, 5) is 0. The van der Waals surface area contributed by atoms with Gasteiger partial charge in [-0.2, -0.15) is 26.3 Å². The van der Waals surface area contributed by atoms with E-state index in [0.29, 0.717) is 12.3 Å². The maximum Gasteiger partial charge on any atom is 0.416 e. The minimum absolute atomic E-state index is 0.177. The molecular formula is C17H18F6. The van der Waals surface area contributed by atoms with Crippen molar-refractivity contribution < 1.29 is 26.3 Å². The smallest absolute Gasteiger partial charge is 0.166 e. The second-order valence-electron chi connectivity index (χ2n) is 6.73. The molecule has 3 rings (SSSR count). The van der Waals surface area contributed by atoms with E-state index in [1.54, 1.807) is 0 Å². The summed E-state index contributed by atoms with van der Waals surface area (Å²) < 4.78 is 77.9. The second-order valence-corrected chi connectivity index (χ2v) is 6.73. The molecule has 23 heavy (non-hydrogen) atoms. The van der Waals surface area contributed by atoms with Crippen LogP contribution in [-0.4, -0.2) is 0 Å². The van der Waals surface area contributed by atoms with Crippen LogP contribution in [0.15, 0.2) is 18.2 Å². The van der Waals surface area contributed by atoms with Crippen LogP contribution in [0, 0.1) is 11.8 Å². The van der Waals surface area contributed by atoms with Gasteiger partial charge in [-0.05, 0) is 60.8 Å². The number of alkyl halides is 6. The van der Waals surface area contributed by atoms with Crippen LogP contribution in [0.25, 0.3) is 0 Å². The predicted octanol–water partition coefficient (Wildman–Crippen LogP) is 6.41. The SMILES string of the molecule is FC(F)(F)c1cc(C2CCC3CCCC[C@H]32)cc(C(F)(F)F)c1. The zero-order chi connectivity index (χ0) is 16.8. The van der Waals surface area contributed by atoms with E-state index in [9.17, 15) is 26.3 Å². The molecule has 0 N–H and O–H groups in total. The third-order valence-corrected chi connectivity index (χ3v) is 5.37. The van der Waals surface area contributed by atoms with E-state index in [0.717, 1.165) is 44.2 Å². The summed E-state index contributed by atoms with van der Waals surface area (Å²) in [7, 11) is 0. The summed E-state index contributed by atoms with van der Waals surface area (Å²) in [5.74, 6) is 0.509. The van der Waals surface area contributed by atoms with Gasteiger partial charge in [0.15, 0.2) is 0 Å². The summed E-state index contributed by atoms with van der Waals surface area (Å²) >= 11 is 0. The molecule has 6 heteroatoms. The standard InChI is InChI=1S/C17H18F6/c18-16(19,20)12-7-11(8-13(9-12)17(21,22)23)15-6-5-10-3-1-2-4-14(10)15/h7-10,14-15H,1-6H2/t10?,14-,15?/m1/s1.